The highest BCUT2D eigenvalue weighted by Gasteiger charge is 2.24. The fourth-order valence-corrected chi connectivity index (χ4v) is 3.93. The number of nitrogens with zero attached hydrogens (tertiary/aromatic N) is 2. The predicted octanol–water partition coefficient (Wildman–Crippen LogP) is 4.11. The van der Waals surface area contributed by atoms with Crippen molar-refractivity contribution in [3.05, 3.63) is 29.8 Å². The number of aryl methyl sites for hydroxylation is 1. The van der Waals surface area contributed by atoms with Gasteiger partial charge >= 0.3 is 6.03 Å². The van der Waals surface area contributed by atoms with Gasteiger partial charge in [0.25, 0.3) is 0 Å². The van der Waals surface area contributed by atoms with Gasteiger partial charge in [0.1, 0.15) is 0 Å². The molecule has 2 aliphatic rings. The molecule has 0 radical (unpaired) electrons. The van der Waals surface area contributed by atoms with Crippen LogP contribution >= 0.6 is 0 Å². The van der Waals surface area contributed by atoms with Crippen LogP contribution in [0.5, 0.6) is 0 Å². The number of rotatable bonds is 3. The molecule has 1 N–H and O–H groups in total. The van der Waals surface area contributed by atoms with Crippen molar-refractivity contribution in [3.63, 3.8) is 0 Å². The van der Waals surface area contributed by atoms with Crippen LogP contribution in [0.25, 0.3) is 0 Å². The van der Waals surface area contributed by atoms with Crippen molar-refractivity contribution in [1.82, 2.24) is 9.80 Å². The van der Waals surface area contributed by atoms with E-state index in [1.54, 1.807) is 0 Å². The summed E-state index contributed by atoms with van der Waals surface area (Å²) in [6, 6.07) is 8.05. The maximum atomic E-state index is 12.4. The Morgan fingerprint density at radius 1 is 1.08 bits per heavy atom. The standard InChI is InChI=1S/C20H31N3O/c1-17-7-6-8-19(15-17)21-20(24)23-13-9-18(10-14-23)16-22-11-4-2-3-5-12-22/h6-8,15,18H,2-5,9-14,16H2,1H3,(H,21,24). The number of likely N-dealkylation sites (tertiary alicyclic amines) is 2. The zero-order valence-corrected chi connectivity index (χ0v) is 15.0. The van der Waals surface area contributed by atoms with E-state index in [1.165, 1.54) is 50.9 Å². The molecule has 3 rings (SSSR count). The molecule has 0 aliphatic carbocycles. The Morgan fingerprint density at radius 3 is 2.46 bits per heavy atom. The molecule has 0 bridgehead atoms. The van der Waals surface area contributed by atoms with Gasteiger partial charge in [0.2, 0.25) is 0 Å². The van der Waals surface area contributed by atoms with E-state index in [2.05, 4.69) is 10.2 Å². The quantitative estimate of drug-likeness (QED) is 0.905. The number of anilines is 1. The summed E-state index contributed by atoms with van der Waals surface area (Å²) in [5.41, 5.74) is 2.07. The number of hydrogen-bond donors (Lipinski definition) is 1. The molecule has 0 atom stereocenters. The van der Waals surface area contributed by atoms with Gasteiger partial charge < -0.3 is 15.1 Å². The third-order valence-corrected chi connectivity index (χ3v) is 5.39. The minimum absolute atomic E-state index is 0.0498. The van der Waals surface area contributed by atoms with Crippen LogP contribution in [0.1, 0.15) is 44.1 Å². The first kappa shape index (κ1) is 17.3. The SMILES string of the molecule is Cc1cccc(NC(=O)N2CCC(CN3CCCCCC3)CC2)c1. The molecule has 2 aliphatic heterocycles. The lowest BCUT2D eigenvalue weighted by molar-refractivity contribution is 0.155. The zero-order valence-electron chi connectivity index (χ0n) is 15.0. The lowest BCUT2D eigenvalue weighted by atomic mass is 9.96. The molecular formula is C20H31N3O. The number of piperidine rings is 1. The van der Waals surface area contributed by atoms with Crippen LogP contribution < -0.4 is 5.32 Å². The molecule has 0 unspecified atom stereocenters. The summed E-state index contributed by atoms with van der Waals surface area (Å²) >= 11 is 0. The number of amides is 2. The summed E-state index contributed by atoms with van der Waals surface area (Å²) in [5, 5.41) is 3.03. The van der Waals surface area contributed by atoms with Crippen molar-refractivity contribution < 1.29 is 4.79 Å². The van der Waals surface area contributed by atoms with Gasteiger partial charge in [-0.05, 0) is 69.3 Å². The summed E-state index contributed by atoms with van der Waals surface area (Å²) in [5.74, 6) is 0.756. The van der Waals surface area contributed by atoms with Gasteiger partial charge in [0, 0.05) is 25.3 Å². The second-order valence-corrected chi connectivity index (χ2v) is 7.44. The van der Waals surface area contributed by atoms with Crippen molar-refractivity contribution in [2.45, 2.75) is 45.4 Å². The second-order valence-electron chi connectivity index (χ2n) is 7.44. The third kappa shape index (κ3) is 4.97. The van der Waals surface area contributed by atoms with Crippen LogP contribution in [0.15, 0.2) is 24.3 Å². The van der Waals surface area contributed by atoms with Crippen molar-refractivity contribution in [1.29, 1.82) is 0 Å². The third-order valence-electron chi connectivity index (χ3n) is 5.39. The number of hydrogen-bond acceptors (Lipinski definition) is 2. The van der Waals surface area contributed by atoms with Gasteiger partial charge in [0.15, 0.2) is 0 Å². The molecular weight excluding hydrogens is 298 g/mol. The van der Waals surface area contributed by atoms with E-state index in [0.717, 1.165) is 37.5 Å². The molecule has 1 aromatic carbocycles. The summed E-state index contributed by atoms with van der Waals surface area (Å²) in [4.78, 5) is 17.1. The molecule has 2 amide bonds. The number of nitrogens with one attached hydrogen (secondary N) is 1. The van der Waals surface area contributed by atoms with Gasteiger partial charge in [-0.15, -0.1) is 0 Å². The summed E-state index contributed by atoms with van der Waals surface area (Å²) in [6.45, 7) is 7.59. The van der Waals surface area contributed by atoms with Gasteiger partial charge in [-0.2, -0.15) is 0 Å². The van der Waals surface area contributed by atoms with Crippen LogP contribution in [-0.2, 0) is 0 Å². The monoisotopic (exact) mass is 329 g/mol. The average molecular weight is 329 g/mol. The fraction of sp³-hybridized carbons (Fsp3) is 0.650. The van der Waals surface area contributed by atoms with E-state index in [0.29, 0.717) is 0 Å². The molecule has 1 aromatic rings. The van der Waals surface area contributed by atoms with E-state index in [-0.39, 0.29) is 6.03 Å². The molecule has 2 fully saturated rings. The van der Waals surface area contributed by atoms with Crippen molar-refractivity contribution in [2.75, 3.05) is 38.0 Å². The summed E-state index contributed by atoms with van der Waals surface area (Å²) in [6.07, 6.45) is 7.78. The Labute approximate surface area is 146 Å². The van der Waals surface area contributed by atoms with E-state index in [1.807, 2.05) is 36.1 Å². The van der Waals surface area contributed by atoms with Gasteiger partial charge in [0.05, 0.1) is 0 Å². The Morgan fingerprint density at radius 2 is 1.79 bits per heavy atom. The van der Waals surface area contributed by atoms with Crippen molar-refractivity contribution in [2.24, 2.45) is 5.92 Å². The molecule has 132 valence electrons. The van der Waals surface area contributed by atoms with Crippen LogP contribution in [-0.4, -0.2) is 48.6 Å². The van der Waals surface area contributed by atoms with Gasteiger partial charge in [-0.1, -0.05) is 25.0 Å². The molecule has 0 aromatic heterocycles. The lowest BCUT2D eigenvalue weighted by Gasteiger charge is -2.34. The average Bonchev–Trinajstić information content (AvgIpc) is 2.84. The molecule has 4 heteroatoms. The molecule has 2 heterocycles. The minimum Gasteiger partial charge on any atom is -0.325 e. The number of urea groups is 1. The second kappa shape index (κ2) is 8.52. The summed E-state index contributed by atoms with van der Waals surface area (Å²) in [7, 11) is 0. The van der Waals surface area contributed by atoms with Crippen LogP contribution in [0.2, 0.25) is 0 Å². The first-order valence-corrected chi connectivity index (χ1v) is 9.55. The molecule has 24 heavy (non-hydrogen) atoms. The predicted molar refractivity (Wildman–Crippen MR) is 99.4 cm³/mol. The number of benzene rings is 1. The Kier molecular flexibility index (Phi) is 6.13. The van der Waals surface area contributed by atoms with Gasteiger partial charge in [-0.25, -0.2) is 4.79 Å². The molecule has 4 nitrogen and oxygen atoms in total. The Balaban J connectivity index is 1.43. The molecule has 2 saturated heterocycles. The lowest BCUT2D eigenvalue weighted by Crippen LogP contribution is -2.43. The van der Waals surface area contributed by atoms with Gasteiger partial charge in [-0.3, -0.25) is 0 Å². The molecule has 0 saturated carbocycles. The zero-order chi connectivity index (χ0) is 16.8. The first-order valence-electron chi connectivity index (χ1n) is 9.55. The largest absolute Gasteiger partial charge is 0.325 e. The van der Waals surface area contributed by atoms with Crippen LogP contribution in [0.4, 0.5) is 10.5 Å². The van der Waals surface area contributed by atoms with Crippen LogP contribution in [0, 0.1) is 12.8 Å². The highest BCUT2D eigenvalue weighted by atomic mass is 16.2. The van der Waals surface area contributed by atoms with E-state index in [9.17, 15) is 4.79 Å². The maximum Gasteiger partial charge on any atom is 0.321 e. The minimum atomic E-state index is 0.0498. The van der Waals surface area contributed by atoms with Crippen molar-refractivity contribution >= 4 is 11.7 Å². The maximum absolute atomic E-state index is 12.4. The first-order chi connectivity index (χ1) is 11.7. The highest BCUT2D eigenvalue weighted by molar-refractivity contribution is 5.89. The Hall–Kier alpha value is -1.55. The topological polar surface area (TPSA) is 35.6 Å². The van der Waals surface area contributed by atoms with Crippen LogP contribution in [0.3, 0.4) is 0 Å². The summed E-state index contributed by atoms with van der Waals surface area (Å²) < 4.78 is 0. The highest BCUT2D eigenvalue weighted by Crippen LogP contribution is 2.21. The number of carbonyl (C=O) groups is 1. The fourth-order valence-electron chi connectivity index (χ4n) is 3.93. The normalized spacial score (nSPS) is 20.6. The Bertz CT molecular complexity index is 529. The smallest absolute Gasteiger partial charge is 0.321 e. The molecule has 0 spiro atoms. The van der Waals surface area contributed by atoms with E-state index in [4.69, 9.17) is 0 Å². The van der Waals surface area contributed by atoms with E-state index >= 15 is 0 Å². The van der Waals surface area contributed by atoms with E-state index < -0.39 is 0 Å². The van der Waals surface area contributed by atoms with Crippen molar-refractivity contribution in [3.8, 4) is 0 Å². The number of carbonyl (C=O) groups excluding carboxylic acids is 1.